The van der Waals surface area contributed by atoms with Crippen LogP contribution in [0.5, 0.6) is 0 Å². The lowest BCUT2D eigenvalue weighted by Crippen LogP contribution is -2.45. The molecule has 0 spiro atoms. The summed E-state index contributed by atoms with van der Waals surface area (Å²) in [4.78, 5) is 22.2. The van der Waals surface area contributed by atoms with Gasteiger partial charge < -0.3 is 14.5 Å². The van der Waals surface area contributed by atoms with Gasteiger partial charge in [-0.3, -0.25) is 4.79 Å². The Labute approximate surface area is 103 Å². The van der Waals surface area contributed by atoms with Crippen LogP contribution in [0, 0.1) is 0 Å². The van der Waals surface area contributed by atoms with Gasteiger partial charge in [0.25, 0.3) is 0 Å². The van der Waals surface area contributed by atoms with Crippen molar-refractivity contribution in [3.63, 3.8) is 0 Å². The van der Waals surface area contributed by atoms with Gasteiger partial charge in [0.2, 0.25) is 5.91 Å². The maximum absolute atomic E-state index is 11.3. The molecule has 17 heavy (non-hydrogen) atoms. The molecule has 5 heteroatoms. The van der Waals surface area contributed by atoms with E-state index in [1.165, 1.54) is 6.08 Å². The third-order valence-corrected chi connectivity index (χ3v) is 2.29. The molecule has 0 aromatic heterocycles. The third-order valence-electron chi connectivity index (χ3n) is 2.29. The molecule has 0 aliphatic carbocycles. The van der Waals surface area contributed by atoms with Gasteiger partial charge in [-0.05, 0) is 13.0 Å². The molecule has 1 N–H and O–H groups in total. The second-order valence-corrected chi connectivity index (χ2v) is 4.47. The number of carbonyl (C=O) groups excluding carboxylic acids is 2. The second kappa shape index (κ2) is 7.84. The molecule has 0 aromatic rings. The summed E-state index contributed by atoms with van der Waals surface area (Å²) in [5.74, 6) is -0.353. The number of amides is 1. The number of quaternary nitrogens is 1. The van der Waals surface area contributed by atoms with Crippen molar-refractivity contribution in [2.24, 2.45) is 0 Å². The molecule has 0 aliphatic heterocycles. The van der Waals surface area contributed by atoms with Crippen molar-refractivity contribution in [1.82, 2.24) is 5.32 Å². The van der Waals surface area contributed by atoms with Crippen LogP contribution < -0.4 is 5.32 Å². The second-order valence-electron chi connectivity index (χ2n) is 4.47. The summed E-state index contributed by atoms with van der Waals surface area (Å²) in [6.07, 6.45) is 2.06. The number of hydrogen-bond donors (Lipinski definition) is 1. The number of likely N-dealkylation sites (N-methyl/N-ethyl adjacent to an activating group) is 1. The van der Waals surface area contributed by atoms with E-state index in [1.807, 2.05) is 14.1 Å². The molecule has 0 atom stereocenters. The topological polar surface area (TPSA) is 55.4 Å². The molecule has 0 heterocycles. The molecule has 0 aromatic carbocycles. The zero-order valence-electron chi connectivity index (χ0n) is 11.0. The first-order chi connectivity index (χ1) is 7.91. The summed E-state index contributed by atoms with van der Waals surface area (Å²) in [7, 11) is 3.93. The van der Waals surface area contributed by atoms with Crippen LogP contribution in [0.4, 0.5) is 0 Å². The molecule has 98 valence electrons. The fraction of sp³-hybridized carbons (Fsp3) is 0.667. The first kappa shape index (κ1) is 15.6. The number of ether oxygens (including phenoxy) is 1. The van der Waals surface area contributed by atoms with E-state index in [0.717, 1.165) is 13.0 Å². The van der Waals surface area contributed by atoms with E-state index >= 15 is 0 Å². The van der Waals surface area contributed by atoms with E-state index in [4.69, 9.17) is 4.74 Å². The van der Waals surface area contributed by atoms with Crippen molar-refractivity contribution >= 4 is 11.9 Å². The van der Waals surface area contributed by atoms with Crippen molar-refractivity contribution in [2.45, 2.75) is 13.3 Å². The third kappa shape index (κ3) is 8.45. The van der Waals surface area contributed by atoms with Crippen LogP contribution in [0.25, 0.3) is 0 Å². The predicted octanol–water partition coefficient (Wildman–Crippen LogP) is 0.318. The van der Waals surface area contributed by atoms with Crippen LogP contribution in [0.1, 0.15) is 13.3 Å². The van der Waals surface area contributed by atoms with Gasteiger partial charge in [-0.15, -0.1) is 0 Å². The van der Waals surface area contributed by atoms with Gasteiger partial charge in [-0.1, -0.05) is 6.58 Å². The SMILES string of the molecule is C=CC(=O)NCCC[N+](C)(C)CC(=O)OCC. The summed E-state index contributed by atoms with van der Waals surface area (Å²) in [6.45, 7) is 7.32. The highest BCUT2D eigenvalue weighted by Crippen LogP contribution is 1.99. The van der Waals surface area contributed by atoms with Crippen LogP contribution in [0.2, 0.25) is 0 Å². The lowest BCUT2D eigenvalue weighted by Gasteiger charge is -2.28. The van der Waals surface area contributed by atoms with Crippen molar-refractivity contribution in [3.8, 4) is 0 Å². The maximum Gasteiger partial charge on any atom is 0.361 e. The maximum atomic E-state index is 11.3. The normalized spacial score (nSPS) is 10.8. The van der Waals surface area contributed by atoms with Crippen LogP contribution in [-0.2, 0) is 14.3 Å². The average Bonchev–Trinajstić information content (AvgIpc) is 2.23. The molecule has 0 bridgehead atoms. The zero-order valence-corrected chi connectivity index (χ0v) is 11.0. The highest BCUT2D eigenvalue weighted by molar-refractivity contribution is 5.86. The molecular formula is C12H23N2O3+. The van der Waals surface area contributed by atoms with Crippen LogP contribution in [0.15, 0.2) is 12.7 Å². The van der Waals surface area contributed by atoms with Gasteiger partial charge in [0.05, 0.1) is 27.2 Å². The Hall–Kier alpha value is -1.36. The standard InChI is InChI=1S/C12H22N2O3/c1-5-11(15)13-8-7-9-14(3,4)10-12(16)17-6-2/h5H,1,6-10H2,2-4H3/p+1. The summed E-state index contributed by atoms with van der Waals surface area (Å²) >= 11 is 0. The summed E-state index contributed by atoms with van der Waals surface area (Å²) in [6, 6.07) is 0. The monoisotopic (exact) mass is 243 g/mol. The first-order valence-electron chi connectivity index (χ1n) is 5.79. The fourth-order valence-corrected chi connectivity index (χ4v) is 1.43. The van der Waals surface area contributed by atoms with E-state index in [-0.39, 0.29) is 11.9 Å². The fourth-order valence-electron chi connectivity index (χ4n) is 1.43. The number of nitrogens with zero attached hydrogens (tertiary/aromatic N) is 1. The number of carbonyl (C=O) groups is 2. The van der Waals surface area contributed by atoms with Gasteiger partial charge in [-0.25, -0.2) is 4.79 Å². The smallest absolute Gasteiger partial charge is 0.361 e. The minimum absolute atomic E-state index is 0.166. The Morgan fingerprint density at radius 2 is 2.06 bits per heavy atom. The Kier molecular flexibility index (Phi) is 7.21. The first-order valence-corrected chi connectivity index (χ1v) is 5.79. The van der Waals surface area contributed by atoms with Crippen molar-refractivity contribution < 1.29 is 18.8 Å². The lowest BCUT2D eigenvalue weighted by molar-refractivity contribution is -0.883. The highest BCUT2D eigenvalue weighted by atomic mass is 16.5. The van der Waals surface area contributed by atoms with Crippen LogP contribution in [0.3, 0.4) is 0 Å². The van der Waals surface area contributed by atoms with Crippen LogP contribution >= 0.6 is 0 Å². The van der Waals surface area contributed by atoms with E-state index in [2.05, 4.69) is 11.9 Å². The average molecular weight is 243 g/mol. The number of hydrogen-bond acceptors (Lipinski definition) is 3. The van der Waals surface area contributed by atoms with Crippen molar-refractivity contribution in [2.75, 3.05) is 40.3 Å². The molecule has 0 fully saturated rings. The molecule has 0 aliphatic rings. The Bertz CT molecular complexity index is 275. The number of esters is 1. The van der Waals surface area contributed by atoms with Gasteiger partial charge in [0.1, 0.15) is 0 Å². The Morgan fingerprint density at radius 3 is 2.59 bits per heavy atom. The van der Waals surface area contributed by atoms with Gasteiger partial charge >= 0.3 is 5.97 Å². The largest absolute Gasteiger partial charge is 0.462 e. The Morgan fingerprint density at radius 1 is 1.41 bits per heavy atom. The molecule has 1 amide bonds. The summed E-state index contributed by atoms with van der Waals surface area (Å²) in [5.41, 5.74) is 0. The highest BCUT2D eigenvalue weighted by Gasteiger charge is 2.20. The van der Waals surface area contributed by atoms with E-state index in [9.17, 15) is 9.59 Å². The lowest BCUT2D eigenvalue weighted by atomic mass is 10.3. The van der Waals surface area contributed by atoms with E-state index in [0.29, 0.717) is 24.2 Å². The van der Waals surface area contributed by atoms with Gasteiger partial charge in [0, 0.05) is 13.0 Å². The molecular weight excluding hydrogens is 220 g/mol. The quantitative estimate of drug-likeness (QED) is 0.289. The van der Waals surface area contributed by atoms with Gasteiger partial charge in [-0.2, -0.15) is 0 Å². The van der Waals surface area contributed by atoms with Crippen molar-refractivity contribution in [1.29, 1.82) is 0 Å². The van der Waals surface area contributed by atoms with Gasteiger partial charge in [0.15, 0.2) is 6.54 Å². The minimum Gasteiger partial charge on any atom is -0.462 e. The number of rotatable bonds is 8. The predicted molar refractivity (Wildman–Crippen MR) is 66.3 cm³/mol. The van der Waals surface area contributed by atoms with Crippen molar-refractivity contribution in [3.05, 3.63) is 12.7 Å². The summed E-state index contributed by atoms with van der Waals surface area (Å²) < 4.78 is 5.46. The summed E-state index contributed by atoms with van der Waals surface area (Å²) in [5, 5.41) is 2.70. The minimum atomic E-state index is -0.187. The molecule has 0 saturated heterocycles. The molecule has 0 radical (unpaired) electrons. The van der Waals surface area contributed by atoms with E-state index in [1.54, 1.807) is 6.92 Å². The molecule has 5 nitrogen and oxygen atoms in total. The number of nitrogens with one attached hydrogen (secondary N) is 1. The molecule has 0 rings (SSSR count). The molecule has 0 unspecified atom stereocenters. The zero-order chi connectivity index (χ0) is 13.3. The Balaban J connectivity index is 3.81. The van der Waals surface area contributed by atoms with Crippen LogP contribution in [-0.4, -0.2) is 56.7 Å². The van der Waals surface area contributed by atoms with E-state index < -0.39 is 0 Å². The molecule has 0 saturated carbocycles.